The minimum Gasteiger partial charge on any atom is -0.507 e. The Morgan fingerprint density at radius 3 is 2.42 bits per heavy atom. The van der Waals surface area contributed by atoms with Crippen LogP contribution in [0.15, 0.2) is 51.7 Å². The molecule has 9 nitrogen and oxygen atoms in total. The number of ether oxygens (including phenoxy) is 4. The summed E-state index contributed by atoms with van der Waals surface area (Å²) in [6, 6.07) is 10.7. The molecular weight excluding hydrogens is 432 g/mol. The maximum Gasteiger partial charge on any atom is 0.209 e. The third-order valence-corrected chi connectivity index (χ3v) is 5.63. The number of aromatic hydroxyl groups is 2. The monoisotopic (exact) mass is 452 g/mol. The van der Waals surface area contributed by atoms with Gasteiger partial charge in [-0.05, 0) is 30.3 Å². The lowest BCUT2D eigenvalue weighted by Crippen LogP contribution is -2.36. The van der Waals surface area contributed by atoms with Gasteiger partial charge in [0, 0.05) is 5.56 Å². The van der Waals surface area contributed by atoms with E-state index in [0.29, 0.717) is 5.56 Å². The van der Waals surface area contributed by atoms with Crippen LogP contribution in [0, 0.1) is 0 Å². The van der Waals surface area contributed by atoms with E-state index >= 15 is 0 Å². The van der Waals surface area contributed by atoms with Crippen molar-refractivity contribution in [2.75, 3.05) is 20.8 Å². The normalized spacial score (nSPS) is 17.3. The number of benzene rings is 3. The van der Waals surface area contributed by atoms with Gasteiger partial charge in [0.1, 0.15) is 16.7 Å². The van der Waals surface area contributed by atoms with E-state index in [-0.39, 0.29) is 56.4 Å². The Hall–Kier alpha value is -4.11. The topological polar surface area (TPSA) is 128 Å². The van der Waals surface area contributed by atoms with Crippen LogP contribution in [0.3, 0.4) is 0 Å². The maximum absolute atomic E-state index is 13.2. The van der Waals surface area contributed by atoms with E-state index in [1.54, 1.807) is 24.3 Å². The first-order valence-corrected chi connectivity index (χ1v) is 10.1. The molecule has 0 saturated heterocycles. The summed E-state index contributed by atoms with van der Waals surface area (Å²) >= 11 is 0. The van der Waals surface area contributed by atoms with Crippen molar-refractivity contribution in [1.29, 1.82) is 0 Å². The van der Waals surface area contributed by atoms with Crippen molar-refractivity contribution < 1.29 is 38.7 Å². The summed E-state index contributed by atoms with van der Waals surface area (Å²) in [5.41, 5.74) is 0.325. The van der Waals surface area contributed by atoms with Crippen LogP contribution in [0.4, 0.5) is 0 Å². The summed E-state index contributed by atoms with van der Waals surface area (Å²) in [7, 11) is 2.84. The summed E-state index contributed by atoms with van der Waals surface area (Å²) < 4.78 is 28.7. The van der Waals surface area contributed by atoms with Gasteiger partial charge >= 0.3 is 0 Å². The summed E-state index contributed by atoms with van der Waals surface area (Å²) in [5.74, 6) is 0.445. The van der Waals surface area contributed by atoms with Crippen molar-refractivity contribution in [3.63, 3.8) is 0 Å². The first kappa shape index (κ1) is 20.8. The molecule has 5 rings (SSSR count). The smallest absolute Gasteiger partial charge is 0.209 e. The summed E-state index contributed by atoms with van der Waals surface area (Å²) in [6.45, 7) is -0.395. The Morgan fingerprint density at radius 2 is 1.73 bits per heavy atom. The fourth-order valence-corrected chi connectivity index (χ4v) is 4.03. The zero-order valence-electron chi connectivity index (χ0n) is 17.7. The number of methoxy groups -OCH3 is 2. The first-order valence-electron chi connectivity index (χ1n) is 10.1. The van der Waals surface area contributed by atoms with Gasteiger partial charge in [-0.25, -0.2) is 0 Å². The van der Waals surface area contributed by atoms with E-state index in [2.05, 4.69) is 0 Å². The van der Waals surface area contributed by atoms with Crippen molar-refractivity contribution in [3.05, 3.63) is 58.3 Å². The quantitative estimate of drug-likeness (QED) is 0.400. The molecule has 1 aliphatic heterocycles. The van der Waals surface area contributed by atoms with Gasteiger partial charge in [0.2, 0.25) is 16.9 Å². The predicted octanol–water partition coefficient (Wildman–Crippen LogP) is 3.25. The highest BCUT2D eigenvalue weighted by atomic mass is 16.6. The van der Waals surface area contributed by atoms with Crippen LogP contribution in [-0.2, 0) is 0 Å². The van der Waals surface area contributed by atoms with E-state index in [1.807, 2.05) is 0 Å². The first-order chi connectivity index (χ1) is 16.0. The molecule has 2 heterocycles. The second kappa shape index (κ2) is 7.79. The number of phenols is 2. The van der Waals surface area contributed by atoms with Crippen molar-refractivity contribution in [2.45, 2.75) is 12.2 Å². The van der Waals surface area contributed by atoms with E-state index in [0.717, 1.165) is 0 Å². The third-order valence-electron chi connectivity index (χ3n) is 5.63. The van der Waals surface area contributed by atoms with Crippen LogP contribution >= 0.6 is 0 Å². The van der Waals surface area contributed by atoms with Gasteiger partial charge in [-0.1, -0.05) is 12.1 Å². The number of fused-ring (bicyclic) bond motifs is 4. The molecule has 3 aromatic carbocycles. The number of aliphatic hydroxyl groups is 1. The average molecular weight is 452 g/mol. The molecule has 9 heteroatoms. The van der Waals surface area contributed by atoms with Gasteiger partial charge in [-0.3, -0.25) is 4.79 Å². The lowest BCUT2D eigenvalue weighted by Gasteiger charge is -2.34. The van der Waals surface area contributed by atoms with E-state index in [9.17, 15) is 20.1 Å². The Kier molecular flexibility index (Phi) is 4.90. The van der Waals surface area contributed by atoms with Crippen molar-refractivity contribution in [3.8, 4) is 34.5 Å². The molecule has 1 aromatic heterocycles. The highest BCUT2D eigenvalue weighted by Gasteiger charge is 2.37. The van der Waals surface area contributed by atoms with Crippen LogP contribution < -0.4 is 24.4 Å². The van der Waals surface area contributed by atoms with E-state index in [1.165, 1.54) is 32.4 Å². The van der Waals surface area contributed by atoms with Gasteiger partial charge in [-0.15, -0.1) is 0 Å². The zero-order valence-corrected chi connectivity index (χ0v) is 17.7. The van der Waals surface area contributed by atoms with Crippen LogP contribution in [0.2, 0.25) is 0 Å². The second-order valence-corrected chi connectivity index (χ2v) is 7.50. The van der Waals surface area contributed by atoms with Crippen LogP contribution in [0.25, 0.3) is 21.9 Å². The van der Waals surface area contributed by atoms with Gasteiger partial charge in [0.15, 0.2) is 35.0 Å². The molecule has 2 atom stereocenters. The molecule has 0 bridgehead atoms. The molecule has 33 heavy (non-hydrogen) atoms. The van der Waals surface area contributed by atoms with Gasteiger partial charge in [-0.2, -0.15) is 0 Å². The van der Waals surface area contributed by atoms with Crippen LogP contribution in [-0.4, -0.2) is 42.3 Å². The van der Waals surface area contributed by atoms with Gasteiger partial charge in [0.05, 0.1) is 26.2 Å². The minimum atomic E-state index is -0.847. The summed E-state index contributed by atoms with van der Waals surface area (Å²) in [4.78, 5) is 13.2. The fourth-order valence-electron chi connectivity index (χ4n) is 4.03. The van der Waals surface area contributed by atoms with Crippen LogP contribution in [0.1, 0.15) is 11.7 Å². The Labute approximate surface area is 186 Å². The Bertz CT molecular complexity index is 1440. The fraction of sp³-hybridized carbons (Fsp3) is 0.208. The average Bonchev–Trinajstić information content (AvgIpc) is 2.82. The molecule has 0 fully saturated rings. The van der Waals surface area contributed by atoms with Crippen LogP contribution in [0.5, 0.6) is 34.5 Å². The molecular formula is C24H20O9. The molecule has 3 N–H and O–H groups in total. The van der Waals surface area contributed by atoms with Crippen molar-refractivity contribution in [1.82, 2.24) is 0 Å². The number of aliphatic hydroxyl groups excluding tert-OH is 1. The molecule has 0 saturated carbocycles. The predicted molar refractivity (Wildman–Crippen MR) is 118 cm³/mol. The molecule has 0 unspecified atom stereocenters. The standard InChI is InChI=1S/C24H20O9/c1-29-15-7-6-11(8-14(15)27)21-18(10-25)32-23-17(30-2)9-12-20(28)19-13(26)4-3-5-16(19)31-22(12)24(23)33-21/h3-9,18,21,25-27H,10H2,1-2H3/t18-,21-/m0/s1. The number of hydrogen-bond donors (Lipinski definition) is 3. The third kappa shape index (κ3) is 3.16. The lowest BCUT2D eigenvalue weighted by molar-refractivity contribution is -0.0136. The molecule has 0 radical (unpaired) electrons. The summed E-state index contributed by atoms with van der Waals surface area (Å²) in [6.07, 6.45) is -1.69. The second-order valence-electron chi connectivity index (χ2n) is 7.50. The number of rotatable bonds is 4. The highest BCUT2D eigenvalue weighted by molar-refractivity contribution is 5.97. The Balaban J connectivity index is 1.76. The van der Waals surface area contributed by atoms with E-state index < -0.39 is 24.2 Å². The number of hydrogen-bond acceptors (Lipinski definition) is 9. The Morgan fingerprint density at radius 1 is 0.939 bits per heavy atom. The van der Waals surface area contributed by atoms with Crippen molar-refractivity contribution >= 4 is 21.9 Å². The molecule has 0 amide bonds. The molecule has 0 aliphatic carbocycles. The zero-order chi connectivity index (χ0) is 23.3. The maximum atomic E-state index is 13.2. The molecule has 4 aromatic rings. The molecule has 0 spiro atoms. The van der Waals surface area contributed by atoms with Gasteiger partial charge < -0.3 is 38.7 Å². The molecule has 170 valence electrons. The SMILES string of the molecule is COc1ccc([C@@H]2Oc3c(c(OC)cc4c(=O)c5c(O)cccc5oc34)O[C@H]2CO)cc1O. The highest BCUT2D eigenvalue weighted by Crippen LogP contribution is 2.50. The number of phenolic OH excluding ortho intramolecular Hbond substituents is 2. The van der Waals surface area contributed by atoms with Gasteiger partial charge in [0.25, 0.3) is 0 Å². The minimum absolute atomic E-state index is 0.0357. The summed E-state index contributed by atoms with van der Waals surface area (Å²) in [5, 5.41) is 30.6. The van der Waals surface area contributed by atoms with Crippen molar-refractivity contribution in [2.24, 2.45) is 0 Å². The van der Waals surface area contributed by atoms with E-state index in [4.69, 9.17) is 23.4 Å². The lowest BCUT2D eigenvalue weighted by atomic mass is 10.0. The largest absolute Gasteiger partial charge is 0.507 e. The molecule has 1 aliphatic rings.